The summed E-state index contributed by atoms with van der Waals surface area (Å²) >= 11 is 0. The van der Waals surface area contributed by atoms with Gasteiger partial charge in [0.2, 0.25) is 0 Å². The quantitative estimate of drug-likeness (QED) is 0.116. The number of methoxy groups -OCH3 is 1. The standard InChI is InChI=1S/C39H66O5Si2/c1-28-25-30(26-29-19-17-18-20-31(28)29)34(40)24-23-33-32(21-15-13-14-16-22-37(41)42-8)35(43-45(9,10)38(2,3)4)27-36(33)44-46(11,12)39(5,6)7/h17-20,25-26,32-36,40H,13-16,21-24,27H2,1-12H3. The number of aliphatic hydroxyl groups is 1. The number of benzene rings is 2. The summed E-state index contributed by atoms with van der Waals surface area (Å²) in [5.74, 6) is 0.592. The summed E-state index contributed by atoms with van der Waals surface area (Å²) < 4.78 is 19.4. The summed E-state index contributed by atoms with van der Waals surface area (Å²) in [4.78, 5) is 11.6. The van der Waals surface area contributed by atoms with Crippen LogP contribution in [0.2, 0.25) is 36.3 Å². The lowest BCUT2D eigenvalue weighted by atomic mass is 9.84. The van der Waals surface area contributed by atoms with E-state index in [4.69, 9.17) is 13.6 Å². The Morgan fingerprint density at radius 1 is 0.848 bits per heavy atom. The van der Waals surface area contributed by atoms with Crippen molar-refractivity contribution in [2.75, 3.05) is 7.11 Å². The first-order chi connectivity index (χ1) is 21.3. The van der Waals surface area contributed by atoms with Gasteiger partial charge >= 0.3 is 5.97 Å². The monoisotopic (exact) mass is 670 g/mol. The van der Waals surface area contributed by atoms with E-state index < -0.39 is 22.7 Å². The van der Waals surface area contributed by atoms with Crippen molar-refractivity contribution in [2.24, 2.45) is 11.8 Å². The number of carbonyl (C=O) groups excluding carboxylic acids is 1. The molecule has 0 amide bonds. The third-order valence-electron chi connectivity index (χ3n) is 11.6. The van der Waals surface area contributed by atoms with Crippen molar-refractivity contribution in [3.8, 4) is 0 Å². The molecule has 0 heterocycles. The topological polar surface area (TPSA) is 65.0 Å². The van der Waals surface area contributed by atoms with Crippen molar-refractivity contribution in [3.63, 3.8) is 0 Å². The van der Waals surface area contributed by atoms with Crippen molar-refractivity contribution in [1.82, 2.24) is 0 Å². The minimum absolute atomic E-state index is 0.118. The van der Waals surface area contributed by atoms with Gasteiger partial charge in [0.1, 0.15) is 0 Å². The Kier molecular flexibility index (Phi) is 13.4. The number of aliphatic hydroxyl groups excluding tert-OH is 1. The van der Waals surface area contributed by atoms with Crippen LogP contribution in [0.1, 0.15) is 117 Å². The first-order valence-electron chi connectivity index (χ1n) is 17.9. The first kappa shape index (κ1) is 38.9. The van der Waals surface area contributed by atoms with Gasteiger partial charge in [-0.3, -0.25) is 4.79 Å². The van der Waals surface area contributed by atoms with E-state index in [1.54, 1.807) is 0 Å². The molecule has 1 aliphatic rings. The normalized spacial score (nSPS) is 21.9. The van der Waals surface area contributed by atoms with Crippen LogP contribution in [0.15, 0.2) is 36.4 Å². The van der Waals surface area contributed by atoms with Gasteiger partial charge < -0.3 is 18.7 Å². The Morgan fingerprint density at radius 2 is 1.39 bits per heavy atom. The number of esters is 1. The van der Waals surface area contributed by atoms with Crippen LogP contribution in [0, 0.1) is 18.8 Å². The van der Waals surface area contributed by atoms with E-state index in [-0.39, 0.29) is 28.3 Å². The fourth-order valence-corrected chi connectivity index (χ4v) is 9.42. The van der Waals surface area contributed by atoms with E-state index >= 15 is 0 Å². The molecule has 1 saturated carbocycles. The van der Waals surface area contributed by atoms with E-state index in [1.165, 1.54) is 23.4 Å². The number of hydrogen-bond acceptors (Lipinski definition) is 5. The van der Waals surface area contributed by atoms with Crippen LogP contribution in [0.4, 0.5) is 0 Å². The summed E-state index contributed by atoms with van der Waals surface area (Å²) in [5, 5.41) is 14.3. The van der Waals surface area contributed by atoms with E-state index in [1.807, 2.05) is 0 Å². The fraction of sp³-hybridized carbons (Fsp3) is 0.718. The summed E-state index contributed by atoms with van der Waals surface area (Å²) in [6.07, 6.45) is 8.03. The second kappa shape index (κ2) is 15.8. The van der Waals surface area contributed by atoms with Gasteiger partial charge in [0.15, 0.2) is 16.6 Å². The van der Waals surface area contributed by atoms with Gasteiger partial charge in [0.05, 0.1) is 25.4 Å². The van der Waals surface area contributed by atoms with Gasteiger partial charge in [-0.15, -0.1) is 0 Å². The molecule has 0 aliphatic heterocycles. The van der Waals surface area contributed by atoms with Gasteiger partial charge in [-0.1, -0.05) is 91.1 Å². The number of carbonyl (C=O) groups is 1. The molecule has 0 saturated heterocycles. The van der Waals surface area contributed by atoms with E-state index in [9.17, 15) is 9.90 Å². The molecule has 0 bridgehead atoms. The number of fused-ring (bicyclic) bond motifs is 1. The molecule has 1 aliphatic carbocycles. The lowest BCUT2D eigenvalue weighted by Gasteiger charge is -2.40. The Bertz CT molecular complexity index is 1280. The zero-order chi connectivity index (χ0) is 34.5. The van der Waals surface area contributed by atoms with Gasteiger partial charge in [0.25, 0.3) is 0 Å². The summed E-state index contributed by atoms with van der Waals surface area (Å²) in [7, 11) is -2.59. The lowest BCUT2D eigenvalue weighted by Crippen LogP contribution is -2.45. The highest BCUT2D eigenvalue weighted by Crippen LogP contribution is 2.49. The third kappa shape index (κ3) is 10.0. The molecule has 2 aromatic rings. The maximum Gasteiger partial charge on any atom is 0.305 e. The molecule has 5 unspecified atom stereocenters. The molecule has 7 heteroatoms. The van der Waals surface area contributed by atoms with E-state index in [0.29, 0.717) is 24.7 Å². The number of rotatable bonds is 15. The van der Waals surface area contributed by atoms with Crippen molar-refractivity contribution in [1.29, 1.82) is 0 Å². The molecule has 0 radical (unpaired) electrons. The van der Waals surface area contributed by atoms with E-state index in [0.717, 1.165) is 50.5 Å². The van der Waals surface area contributed by atoms with Crippen LogP contribution in [-0.4, -0.2) is 47.0 Å². The highest BCUT2D eigenvalue weighted by molar-refractivity contribution is 6.74. The highest BCUT2D eigenvalue weighted by Gasteiger charge is 2.51. The molecule has 5 nitrogen and oxygen atoms in total. The second-order valence-electron chi connectivity index (χ2n) is 17.1. The number of unbranched alkanes of at least 4 members (excludes halogenated alkanes) is 3. The molecule has 46 heavy (non-hydrogen) atoms. The predicted octanol–water partition coefficient (Wildman–Crippen LogP) is 10.9. The molecular weight excluding hydrogens is 605 g/mol. The van der Waals surface area contributed by atoms with Gasteiger partial charge in [0, 0.05) is 6.42 Å². The molecule has 260 valence electrons. The highest BCUT2D eigenvalue weighted by atomic mass is 28.4. The molecule has 1 fully saturated rings. The SMILES string of the molecule is COC(=O)CCCCCCC1C(O[Si](C)(C)C(C)(C)C)CC(O[Si](C)(C)C(C)(C)C)C1CCC(O)c1cc(C)c2ccccc2c1. The second-order valence-corrected chi connectivity index (χ2v) is 26.6. The number of aryl methyl sites for hydroxylation is 1. The summed E-state index contributed by atoms with van der Waals surface area (Å²) in [6, 6.07) is 12.8. The molecule has 3 rings (SSSR count). The van der Waals surface area contributed by atoms with Crippen LogP contribution in [-0.2, 0) is 18.4 Å². The molecule has 0 aromatic heterocycles. The Hall–Kier alpha value is -1.52. The Morgan fingerprint density at radius 3 is 1.96 bits per heavy atom. The fourth-order valence-electron chi connectivity index (χ4n) is 6.66. The lowest BCUT2D eigenvalue weighted by molar-refractivity contribution is -0.140. The Labute approximate surface area is 283 Å². The predicted molar refractivity (Wildman–Crippen MR) is 198 cm³/mol. The zero-order valence-corrected chi connectivity index (χ0v) is 33.3. The maximum atomic E-state index is 11.6. The van der Waals surface area contributed by atoms with Crippen LogP contribution in [0.25, 0.3) is 10.8 Å². The average molecular weight is 671 g/mol. The molecule has 2 aromatic carbocycles. The van der Waals surface area contributed by atoms with Crippen LogP contribution in [0.3, 0.4) is 0 Å². The largest absolute Gasteiger partial charge is 0.469 e. The van der Waals surface area contributed by atoms with Crippen LogP contribution < -0.4 is 0 Å². The summed E-state index contributed by atoms with van der Waals surface area (Å²) in [5.41, 5.74) is 2.22. The maximum absolute atomic E-state index is 11.6. The molecule has 1 N–H and O–H groups in total. The van der Waals surface area contributed by atoms with Crippen molar-refractivity contribution in [2.45, 2.75) is 161 Å². The minimum atomic E-state index is -2.04. The number of ether oxygens (including phenoxy) is 1. The van der Waals surface area contributed by atoms with Crippen LogP contribution >= 0.6 is 0 Å². The van der Waals surface area contributed by atoms with Gasteiger partial charge in [-0.05, 0) is 115 Å². The minimum Gasteiger partial charge on any atom is -0.469 e. The molecule has 0 spiro atoms. The van der Waals surface area contributed by atoms with E-state index in [2.05, 4.69) is 111 Å². The molecular formula is C39H66O5Si2. The summed E-state index contributed by atoms with van der Waals surface area (Å²) in [6.45, 7) is 25.6. The van der Waals surface area contributed by atoms with Gasteiger partial charge in [-0.25, -0.2) is 0 Å². The smallest absolute Gasteiger partial charge is 0.305 e. The average Bonchev–Trinajstić information content (AvgIpc) is 3.25. The zero-order valence-electron chi connectivity index (χ0n) is 31.3. The third-order valence-corrected chi connectivity index (χ3v) is 20.6. The van der Waals surface area contributed by atoms with Gasteiger partial charge in [-0.2, -0.15) is 0 Å². The van der Waals surface area contributed by atoms with Crippen molar-refractivity contribution in [3.05, 3.63) is 47.5 Å². The molecule has 5 atom stereocenters. The number of hydrogen-bond donors (Lipinski definition) is 1. The van der Waals surface area contributed by atoms with Crippen LogP contribution in [0.5, 0.6) is 0 Å². The van der Waals surface area contributed by atoms with Crippen molar-refractivity contribution < 1.29 is 23.5 Å². The van der Waals surface area contributed by atoms with Crippen molar-refractivity contribution >= 4 is 33.4 Å². The first-order valence-corrected chi connectivity index (χ1v) is 23.7. The Balaban J connectivity index is 1.88.